The van der Waals surface area contributed by atoms with E-state index in [-0.39, 0.29) is 36.6 Å². The molecule has 2 rings (SSSR count). The monoisotopic (exact) mass is 333 g/mol. The van der Waals surface area contributed by atoms with Gasteiger partial charge in [0.05, 0.1) is 16.8 Å². The molecule has 0 spiro atoms. The predicted molar refractivity (Wildman–Crippen MR) is 80.2 cm³/mol. The van der Waals surface area contributed by atoms with Gasteiger partial charge in [-0.2, -0.15) is 0 Å². The van der Waals surface area contributed by atoms with E-state index in [2.05, 4.69) is 0 Å². The first-order valence-corrected chi connectivity index (χ1v) is 9.97. The second kappa shape index (κ2) is 5.94. The van der Waals surface area contributed by atoms with Crippen LogP contribution in [0.25, 0.3) is 0 Å². The van der Waals surface area contributed by atoms with E-state index < -0.39 is 25.1 Å². The van der Waals surface area contributed by atoms with Gasteiger partial charge < -0.3 is 5.11 Å². The largest absolute Gasteiger partial charge is 0.508 e. The molecule has 0 saturated carbocycles. The van der Waals surface area contributed by atoms with Gasteiger partial charge in [-0.25, -0.2) is 21.1 Å². The highest BCUT2D eigenvalue weighted by Crippen LogP contribution is 2.23. The molecule has 1 heterocycles. The third-order valence-corrected chi connectivity index (χ3v) is 7.73. The summed E-state index contributed by atoms with van der Waals surface area (Å²) in [6.45, 7) is 0.200. The molecule has 1 aromatic rings. The Morgan fingerprint density at radius 1 is 1.19 bits per heavy atom. The molecule has 0 atom stereocenters. The first-order chi connectivity index (χ1) is 9.71. The molecule has 1 aliphatic rings. The lowest BCUT2D eigenvalue weighted by molar-refractivity contribution is 0.447. The second-order valence-corrected chi connectivity index (χ2v) is 9.94. The van der Waals surface area contributed by atoms with Crippen molar-refractivity contribution in [1.29, 1.82) is 0 Å². The van der Waals surface area contributed by atoms with Crippen LogP contribution in [0.1, 0.15) is 18.4 Å². The van der Waals surface area contributed by atoms with Crippen LogP contribution < -0.4 is 0 Å². The second-order valence-electron chi connectivity index (χ2n) is 5.32. The summed E-state index contributed by atoms with van der Waals surface area (Å²) in [5.74, 6) is -0.00444. The Balaban J connectivity index is 2.07. The van der Waals surface area contributed by atoms with Gasteiger partial charge in [0.15, 0.2) is 0 Å². The summed E-state index contributed by atoms with van der Waals surface area (Å²) in [5.41, 5.74) is 0.766. The van der Waals surface area contributed by atoms with Gasteiger partial charge >= 0.3 is 0 Å². The lowest BCUT2D eigenvalue weighted by Gasteiger charge is -2.27. The fourth-order valence-electron chi connectivity index (χ4n) is 2.37. The van der Waals surface area contributed by atoms with Crippen molar-refractivity contribution in [3.05, 3.63) is 29.8 Å². The van der Waals surface area contributed by atoms with E-state index in [0.717, 1.165) is 5.56 Å². The van der Waals surface area contributed by atoms with Crippen LogP contribution in [0.15, 0.2) is 24.3 Å². The van der Waals surface area contributed by atoms with Gasteiger partial charge in [-0.05, 0) is 30.5 Å². The minimum Gasteiger partial charge on any atom is -0.508 e. The van der Waals surface area contributed by atoms with Gasteiger partial charge in [-0.15, -0.1) is 0 Å². The van der Waals surface area contributed by atoms with E-state index in [1.54, 1.807) is 12.1 Å². The minimum absolute atomic E-state index is 0.0655. The molecule has 0 unspecified atom stereocenters. The van der Waals surface area contributed by atoms with E-state index in [1.165, 1.54) is 23.5 Å². The maximum absolute atomic E-state index is 12.4. The zero-order valence-corrected chi connectivity index (χ0v) is 13.4. The molecule has 0 aliphatic carbocycles. The van der Waals surface area contributed by atoms with Crippen LogP contribution in [0.2, 0.25) is 0 Å². The zero-order chi connectivity index (χ0) is 15.7. The van der Waals surface area contributed by atoms with Crippen molar-refractivity contribution in [1.82, 2.24) is 4.31 Å². The van der Waals surface area contributed by atoms with Crippen molar-refractivity contribution < 1.29 is 21.9 Å². The Bertz CT molecular complexity index is 681. The maximum atomic E-state index is 12.4. The summed E-state index contributed by atoms with van der Waals surface area (Å²) < 4.78 is 48.9. The third kappa shape index (κ3) is 3.96. The molecule has 118 valence electrons. The molecule has 8 heteroatoms. The Morgan fingerprint density at radius 3 is 2.24 bits per heavy atom. The van der Waals surface area contributed by atoms with Crippen LogP contribution in [-0.4, -0.2) is 50.1 Å². The zero-order valence-electron chi connectivity index (χ0n) is 11.8. The molecule has 0 aromatic heterocycles. The Hall–Kier alpha value is -1.12. The molecule has 1 N–H and O–H groups in total. The quantitative estimate of drug-likeness (QED) is 0.877. The summed E-state index contributed by atoms with van der Waals surface area (Å²) in [6.07, 6.45) is 0.315. The molecule has 1 aromatic carbocycles. The molecule has 0 bridgehead atoms. The first kappa shape index (κ1) is 16.3. The van der Waals surface area contributed by atoms with E-state index >= 15 is 0 Å². The van der Waals surface area contributed by atoms with E-state index in [9.17, 15) is 21.9 Å². The smallest absolute Gasteiger partial charge is 0.217 e. The third-order valence-electron chi connectivity index (χ3n) is 3.70. The number of sulfonamides is 1. The summed E-state index contributed by atoms with van der Waals surface area (Å²) >= 11 is 0. The number of hydrogen-bond acceptors (Lipinski definition) is 5. The van der Waals surface area contributed by atoms with E-state index in [0.29, 0.717) is 0 Å². The highest BCUT2D eigenvalue weighted by atomic mass is 32.2. The number of phenols is 1. The van der Waals surface area contributed by atoms with Gasteiger partial charge in [0.25, 0.3) is 0 Å². The number of rotatable bonds is 4. The standard InChI is InChI=1S/C13H19NO5S2/c1-14(10-11-2-4-12(15)5-3-11)21(18,19)13-6-8-20(16,17)9-7-13/h2-5,13,15H,6-10H2,1H3. The Kier molecular flexibility index (Phi) is 4.60. The van der Waals surface area contributed by atoms with Crippen molar-refractivity contribution in [3.63, 3.8) is 0 Å². The van der Waals surface area contributed by atoms with Crippen LogP contribution in [0.4, 0.5) is 0 Å². The van der Waals surface area contributed by atoms with Crippen LogP contribution in [0, 0.1) is 0 Å². The lowest BCUT2D eigenvalue weighted by Crippen LogP contribution is -2.40. The Labute approximate surface area is 125 Å². The summed E-state index contributed by atoms with van der Waals surface area (Å²) in [5, 5.41) is 8.58. The highest BCUT2D eigenvalue weighted by Gasteiger charge is 2.35. The number of sulfone groups is 1. The van der Waals surface area contributed by atoms with Crippen LogP contribution in [0.5, 0.6) is 5.75 Å². The van der Waals surface area contributed by atoms with Crippen molar-refractivity contribution >= 4 is 19.9 Å². The number of benzene rings is 1. The highest BCUT2D eigenvalue weighted by molar-refractivity contribution is 7.92. The molecular weight excluding hydrogens is 314 g/mol. The van der Waals surface area contributed by atoms with Crippen LogP contribution >= 0.6 is 0 Å². The lowest BCUT2D eigenvalue weighted by atomic mass is 10.2. The number of nitrogens with zero attached hydrogens (tertiary/aromatic N) is 1. The normalized spacial score (nSPS) is 19.7. The average Bonchev–Trinajstić information content (AvgIpc) is 2.41. The molecule has 1 saturated heterocycles. The van der Waals surface area contributed by atoms with E-state index in [4.69, 9.17) is 0 Å². The molecule has 21 heavy (non-hydrogen) atoms. The van der Waals surface area contributed by atoms with Gasteiger partial charge in [0.2, 0.25) is 10.0 Å². The predicted octanol–water partition coefficient (Wildman–Crippen LogP) is 0.731. The minimum atomic E-state index is -3.51. The SMILES string of the molecule is CN(Cc1ccc(O)cc1)S(=O)(=O)C1CCS(=O)(=O)CC1. The molecule has 0 amide bonds. The number of hydrogen-bond donors (Lipinski definition) is 1. The average molecular weight is 333 g/mol. The summed E-state index contributed by atoms with van der Waals surface area (Å²) in [7, 11) is -5.10. The van der Waals surface area contributed by atoms with Gasteiger partial charge in [0.1, 0.15) is 15.6 Å². The van der Waals surface area contributed by atoms with Crippen molar-refractivity contribution in [3.8, 4) is 5.75 Å². The molecule has 6 nitrogen and oxygen atoms in total. The number of aromatic hydroxyl groups is 1. The van der Waals surface area contributed by atoms with Gasteiger partial charge in [-0.3, -0.25) is 0 Å². The fraction of sp³-hybridized carbons (Fsp3) is 0.538. The van der Waals surface area contributed by atoms with Crippen LogP contribution in [0.3, 0.4) is 0 Å². The van der Waals surface area contributed by atoms with Crippen molar-refractivity contribution in [2.75, 3.05) is 18.6 Å². The van der Waals surface area contributed by atoms with Crippen molar-refractivity contribution in [2.45, 2.75) is 24.6 Å². The topological polar surface area (TPSA) is 91.8 Å². The summed E-state index contributed by atoms with van der Waals surface area (Å²) in [4.78, 5) is 0. The van der Waals surface area contributed by atoms with Crippen molar-refractivity contribution in [2.24, 2.45) is 0 Å². The molecule has 0 radical (unpaired) electrons. The molecular formula is C13H19NO5S2. The first-order valence-electron chi connectivity index (χ1n) is 6.64. The van der Waals surface area contributed by atoms with E-state index in [1.807, 2.05) is 0 Å². The number of phenolic OH excluding ortho intramolecular Hbond substituents is 1. The van der Waals surface area contributed by atoms with Crippen LogP contribution in [-0.2, 0) is 26.4 Å². The molecule has 1 aliphatic heterocycles. The molecule has 1 fully saturated rings. The van der Waals surface area contributed by atoms with Gasteiger partial charge in [0, 0.05) is 13.6 Å². The maximum Gasteiger partial charge on any atom is 0.217 e. The fourth-order valence-corrected chi connectivity index (χ4v) is 5.83. The Morgan fingerprint density at radius 2 is 1.71 bits per heavy atom. The van der Waals surface area contributed by atoms with Gasteiger partial charge in [-0.1, -0.05) is 12.1 Å². The summed E-state index contributed by atoms with van der Waals surface area (Å²) in [6, 6.07) is 6.32.